The molecule has 2 aromatic carbocycles. The number of carbonyl (C=O) groups is 3. The molecule has 0 bridgehead atoms. The summed E-state index contributed by atoms with van der Waals surface area (Å²) in [5, 5.41) is 22.7. The van der Waals surface area contributed by atoms with Crippen molar-refractivity contribution in [3.63, 3.8) is 0 Å². The largest absolute Gasteiger partial charge is 0.478 e. The van der Waals surface area contributed by atoms with Gasteiger partial charge in [-0.2, -0.15) is 0 Å². The van der Waals surface area contributed by atoms with Crippen LogP contribution in [-0.2, 0) is 9.59 Å². The van der Waals surface area contributed by atoms with Gasteiger partial charge in [0.25, 0.3) is 0 Å². The number of benzene rings is 2. The van der Waals surface area contributed by atoms with E-state index in [1.54, 1.807) is 12.1 Å². The quantitative estimate of drug-likeness (QED) is 0.433. The van der Waals surface area contributed by atoms with Crippen LogP contribution < -0.4 is 5.32 Å². The van der Waals surface area contributed by atoms with Gasteiger partial charge in [0.1, 0.15) is 5.69 Å². The fourth-order valence-electron chi connectivity index (χ4n) is 2.94. The zero-order valence-electron chi connectivity index (χ0n) is 14.9. The predicted octanol–water partition coefficient (Wildman–Crippen LogP) is 4.76. The van der Waals surface area contributed by atoms with Crippen molar-refractivity contribution in [3.05, 3.63) is 63.3 Å². The number of halogens is 2. The number of carboxylic acid groups (broad SMARTS) is 2. The Labute approximate surface area is 174 Å². The topological polar surface area (TPSA) is 119 Å². The Morgan fingerprint density at radius 2 is 1.72 bits per heavy atom. The molecule has 0 aliphatic heterocycles. The molecule has 0 unspecified atom stereocenters. The Hall–Kier alpha value is -3.29. The molecule has 0 saturated heterocycles. The molecule has 0 spiro atoms. The monoisotopic (exact) mass is 432 g/mol. The van der Waals surface area contributed by atoms with Crippen LogP contribution in [0, 0.1) is 0 Å². The van der Waals surface area contributed by atoms with Gasteiger partial charge in [-0.1, -0.05) is 35.3 Å². The Morgan fingerprint density at radius 1 is 1.07 bits per heavy atom. The van der Waals surface area contributed by atoms with Gasteiger partial charge in [-0.05, 0) is 35.9 Å². The molecular formula is C20H14Cl2N2O5. The summed E-state index contributed by atoms with van der Waals surface area (Å²) in [6, 6.07) is 9.08. The number of carbonyl (C=O) groups excluding carboxylic acids is 1. The van der Waals surface area contributed by atoms with E-state index in [1.807, 2.05) is 0 Å². The number of aromatic nitrogens is 1. The minimum absolute atomic E-state index is 0.123. The van der Waals surface area contributed by atoms with Gasteiger partial charge in [-0.3, -0.25) is 4.79 Å². The summed E-state index contributed by atoms with van der Waals surface area (Å²) in [5.74, 6) is -2.79. The number of nitrogens with one attached hydrogen (secondary N) is 2. The Kier molecular flexibility index (Phi) is 5.63. The van der Waals surface area contributed by atoms with E-state index in [2.05, 4.69) is 10.3 Å². The molecule has 0 radical (unpaired) electrons. The van der Waals surface area contributed by atoms with Gasteiger partial charge in [0, 0.05) is 34.1 Å². The molecule has 29 heavy (non-hydrogen) atoms. The molecule has 1 aromatic heterocycles. The number of rotatable bonds is 5. The van der Waals surface area contributed by atoms with E-state index in [9.17, 15) is 24.6 Å². The molecule has 0 aliphatic rings. The second-order valence-corrected chi connectivity index (χ2v) is 6.99. The van der Waals surface area contributed by atoms with Crippen LogP contribution >= 0.6 is 23.2 Å². The van der Waals surface area contributed by atoms with Crippen molar-refractivity contribution >= 4 is 69.3 Å². The number of hydrogen-bond acceptors (Lipinski definition) is 3. The molecule has 4 N–H and O–H groups in total. The fraction of sp³-hybridized carbons (Fsp3) is 0.0500. The average molecular weight is 433 g/mol. The SMILES string of the molecule is CC(=O)Nc1ccc(/C(=C\c2c(C(=O)O)[nH]c3cc(Cl)cc(Cl)c23)C(=O)O)cc1. The maximum Gasteiger partial charge on any atom is 0.352 e. The van der Waals surface area contributed by atoms with E-state index in [1.165, 1.54) is 37.3 Å². The van der Waals surface area contributed by atoms with Crippen molar-refractivity contribution in [1.82, 2.24) is 4.98 Å². The summed E-state index contributed by atoms with van der Waals surface area (Å²) in [6.07, 6.45) is 1.25. The number of H-pyrrole nitrogens is 1. The van der Waals surface area contributed by atoms with Gasteiger partial charge in [-0.15, -0.1) is 0 Å². The normalized spacial score (nSPS) is 11.5. The number of aromatic carboxylic acids is 1. The molecule has 0 aliphatic carbocycles. The van der Waals surface area contributed by atoms with Gasteiger partial charge >= 0.3 is 11.9 Å². The second-order valence-electron chi connectivity index (χ2n) is 6.15. The van der Waals surface area contributed by atoms with Gasteiger partial charge < -0.3 is 20.5 Å². The average Bonchev–Trinajstić information content (AvgIpc) is 2.98. The van der Waals surface area contributed by atoms with E-state index in [0.717, 1.165) is 0 Å². The number of hydrogen-bond donors (Lipinski definition) is 4. The van der Waals surface area contributed by atoms with E-state index in [-0.39, 0.29) is 27.8 Å². The minimum Gasteiger partial charge on any atom is -0.478 e. The maximum absolute atomic E-state index is 11.9. The van der Waals surface area contributed by atoms with Crippen LogP contribution in [-0.4, -0.2) is 33.0 Å². The lowest BCUT2D eigenvalue weighted by molar-refractivity contribution is -0.130. The summed E-state index contributed by atoms with van der Waals surface area (Å²) < 4.78 is 0. The lowest BCUT2D eigenvalue weighted by Gasteiger charge is -2.07. The van der Waals surface area contributed by atoms with Crippen molar-refractivity contribution in [2.45, 2.75) is 6.92 Å². The maximum atomic E-state index is 11.9. The standard InChI is InChI=1S/C20H14Cl2N2O5/c1-9(25)23-12-4-2-10(3-5-12)13(19(26)27)8-14-17-15(22)6-11(21)7-16(17)24-18(14)20(28)29/h2-8,24H,1H3,(H,23,25)(H,26,27)(H,28,29)/b13-8+. The van der Waals surface area contributed by atoms with Crippen LogP contribution in [0.5, 0.6) is 0 Å². The first-order chi connectivity index (χ1) is 13.7. The van der Waals surface area contributed by atoms with Crippen LogP contribution in [0.1, 0.15) is 28.5 Å². The number of aliphatic carboxylic acids is 1. The van der Waals surface area contributed by atoms with E-state index in [0.29, 0.717) is 27.2 Å². The third kappa shape index (κ3) is 4.26. The summed E-state index contributed by atoms with van der Waals surface area (Å²) in [6.45, 7) is 1.36. The lowest BCUT2D eigenvalue weighted by Crippen LogP contribution is -2.06. The number of fused-ring (bicyclic) bond motifs is 1. The minimum atomic E-state index is -1.27. The highest BCUT2D eigenvalue weighted by atomic mass is 35.5. The van der Waals surface area contributed by atoms with Crippen LogP contribution in [0.4, 0.5) is 5.69 Å². The van der Waals surface area contributed by atoms with Crippen LogP contribution in [0.25, 0.3) is 22.6 Å². The third-order valence-electron chi connectivity index (χ3n) is 4.10. The van der Waals surface area contributed by atoms with Crippen LogP contribution in [0.2, 0.25) is 10.0 Å². The molecule has 0 saturated carbocycles. The van der Waals surface area contributed by atoms with Crippen molar-refractivity contribution in [2.24, 2.45) is 0 Å². The molecule has 0 atom stereocenters. The Morgan fingerprint density at radius 3 is 2.28 bits per heavy atom. The molecule has 9 heteroatoms. The molecule has 0 fully saturated rings. The number of aromatic amines is 1. The molecule has 1 amide bonds. The highest BCUT2D eigenvalue weighted by Gasteiger charge is 2.21. The number of anilines is 1. The lowest BCUT2D eigenvalue weighted by atomic mass is 10.0. The first-order valence-electron chi connectivity index (χ1n) is 8.24. The van der Waals surface area contributed by atoms with Gasteiger partial charge in [0.15, 0.2) is 0 Å². The van der Waals surface area contributed by atoms with Gasteiger partial charge in [0.05, 0.1) is 10.6 Å². The predicted molar refractivity (Wildman–Crippen MR) is 112 cm³/mol. The van der Waals surface area contributed by atoms with Crippen LogP contribution in [0.15, 0.2) is 36.4 Å². The first-order valence-corrected chi connectivity index (χ1v) is 9.00. The summed E-state index contributed by atoms with van der Waals surface area (Å²) in [4.78, 5) is 37.4. The fourth-order valence-corrected chi connectivity index (χ4v) is 3.53. The summed E-state index contributed by atoms with van der Waals surface area (Å²) >= 11 is 12.2. The molecule has 3 rings (SSSR count). The van der Waals surface area contributed by atoms with E-state index >= 15 is 0 Å². The van der Waals surface area contributed by atoms with Crippen LogP contribution in [0.3, 0.4) is 0 Å². The Bertz CT molecular complexity index is 1180. The van der Waals surface area contributed by atoms with Crippen molar-refractivity contribution in [1.29, 1.82) is 0 Å². The third-order valence-corrected chi connectivity index (χ3v) is 4.62. The Balaban J connectivity index is 2.20. The molecule has 1 heterocycles. The molecular weight excluding hydrogens is 419 g/mol. The summed E-state index contributed by atoms with van der Waals surface area (Å²) in [5.41, 5.74) is 0.963. The van der Waals surface area contributed by atoms with E-state index < -0.39 is 11.9 Å². The highest BCUT2D eigenvalue weighted by molar-refractivity contribution is 6.39. The second kappa shape index (κ2) is 7.98. The van der Waals surface area contributed by atoms with Gasteiger partial charge in [-0.25, -0.2) is 9.59 Å². The highest BCUT2D eigenvalue weighted by Crippen LogP contribution is 2.35. The zero-order valence-corrected chi connectivity index (χ0v) is 16.4. The smallest absolute Gasteiger partial charge is 0.352 e. The van der Waals surface area contributed by atoms with Crippen molar-refractivity contribution < 1.29 is 24.6 Å². The van der Waals surface area contributed by atoms with Crippen molar-refractivity contribution in [3.8, 4) is 0 Å². The number of carboxylic acids is 2. The van der Waals surface area contributed by atoms with Gasteiger partial charge in [0.2, 0.25) is 5.91 Å². The van der Waals surface area contributed by atoms with Crippen molar-refractivity contribution in [2.75, 3.05) is 5.32 Å². The molecule has 3 aromatic rings. The molecule has 7 nitrogen and oxygen atoms in total. The first kappa shape index (κ1) is 20.4. The zero-order chi connectivity index (χ0) is 21.3. The molecule has 148 valence electrons. The van der Waals surface area contributed by atoms with E-state index in [4.69, 9.17) is 23.2 Å². The summed E-state index contributed by atoms with van der Waals surface area (Å²) in [7, 11) is 0. The number of amides is 1.